The molecule has 2 N–H and O–H groups in total. The first kappa shape index (κ1) is 12.6. The van der Waals surface area contributed by atoms with E-state index in [4.69, 9.17) is 5.11 Å². The number of hydrogen-bond acceptors (Lipinski definition) is 4. The zero-order valence-electron chi connectivity index (χ0n) is 10.5. The van der Waals surface area contributed by atoms with Gasteiger partial charge in [0.25, 0.3) is 5.56 Å². The lowest BCUT2D eigenvalue weighted by molar-refractivity contribution is -0.138. The molecule has 1 fully saturated rings. The number of nitrogens with zero attached hydrogens (tertiary/aromatic N) is 2. The van der Waals surface area contributed by atoms with Gasteiger partial charge in [-0.1, -0.05) is 13.8 Å². The fraction of sp³-hybridized carbons (Fsp3) is 0.583. The second kappa shape index (κ2) is 4.80. The van der Waals surface area contributed by atoms with Crippen LogP contribution in [0, 0.1) is 5.92 Å². The van der Waals surface area contributed by atoms with Gasteiger partial charge >= 0.3 is 5.97 Å². The van der Waals surface area contributed by atoms with E-state index in [-0.39, 0.29) is 23.8 Å². The summed E-state index contributed by atoms with van der Waals surface area (Å²) in [6.07, 6.45) is 0.177. The first-order valence-corrected chi connectivity index (χ1v) is 6.03. The van der Waals surface area contributed by atoms with E-state index in [2.05, 4.69) is 9.97 Å². The predicted octanol–water partition coefficient (Wildman–Crippen LogP) is 0.804. The van der Waals surface area contributed by atoms with Crippen LogP contribution in [0.1, 0.15) is 32.0 Å². The van der Waals surface area contributed by atoms with Crippen LogP contribution in [0.2, 0.25) is 0 Å². The van der Waals surface area contributed by atoms with Crippen molar-refractivity contribution in [3.05, 3.63) is 22.2 Å². The van der Waals surface area contributed by atoms with E-state index < -0.39 is 5.97 Å². The zero-order chi connectivity index (χ0) is 13.3. The molecule has 0 amide bonds. The predicted molar refractivity (Wildman–Crippen MR) is 66.9 cm³/mol. The maximum Gasteiger partial charge on any atom is 0.303 e. The second-order valence-corrected chi connectivity index (χ2v) is 5.01. The highest BCUT2D eigenvalue weighted by molar-refractivity contribution is 5.67. The summed E-state index contributed by atoms with van der Waals surface area (Å²) in [5.41, 5.74) is -0.162. The van der Waals surface area contributed by atoms with Gasteiger partial charge in [-0.05, 0) is 0 Å². The van der Waals surface area contributed by atoms with Gasteiger partial charge in [0.15, 0.2) is 0 Å². The van der Waals surface area contributed by atoms with Gasteiger partial charge in [0, 0.05) is 31.0 Å². The van der Waals surface area contributed by atoms with E-state index >= 15 is 0 Å². The van der Waals surface area contributed by atoms with Gasteiger partial charge in [-0.25, -0.2) is 4.98 Å². The van der Waals surface area contributed by atoms with Crippen molar-refractivity contribution in [3.8, 4) is 0 Å². The maximum atomic E-state index is 11.5. The standard InChI is InChI=1S/C12H17N3O3/c1-7(2)12-13-9(4-10(16)14-12)15-5-8(6-15)3-11(17)18/h4,7-8H,3,5-6H2,1-2H3,(H,17,18)(H,13,14,16). The van der Waals surface area contributed by atoms with Gasteiger partial charge in [-0.2, -0.15) is 0 Å². The fourth-order valence-electron chi connectivity index (χ4n) is 2.03. The highest BCUT2D eigenvalue weighted by Gasteiger charge is 2.29. The van der Waals surface area contributed by atoms with Crippen molar-refractivity contribution in [1.82, 2.24) is 9.97 Å². The van der Waals surface area contributed by atoms with Gasteiger partial charge in [0.1, 0.15) is 11.6 Å². The van der Waals surface area contributed by atoms with Crippen molar-refractivity contribution >= 4 is 11.8 Å². The molecule has 98 valence electrons. The van der Waals surface area contributed by atoms with Crippen molar-refractivity contribution in [2.24, 2.45) is 5.92 Å². The number of nitrogens with one attached hydrogen (secondary N) is 1. The minimum Gasteiger partial charge on any atom is -0.481 e. The molecule has 0 atom stereocenters. The molecule has 1 aliphatic rings. The van der Waals surface area contributed by atoms with E-state index in [0.29, 0.717) is 24.7 Å². The maximum absolute atomic E-state index is 11.5. The van der Waals surface area contributed by atoms with Crippen molar-refractivity contribution < 1.29 is 9.90 Å². The Morgan fingerprint density at radius 1 is 1.61 bits per heavy atom. The summed E-state index contributed by atoms with van der Waals surface area (Å²) in [5, 5.41) is 8.68. The number of aromatic nitrogens is 2. The van der Waals surface area contributed by atoms with Gasteiger partial charge < -0.3 is 15.0 Å². The summed E-state index contributed by atoms with van der Waals surface area (Å²) in [5.74, 6) is 0.851. The minimum atomic E-state index is -0.776. The Bertz CT molecular complexity index is 504. The molecule has 2 rings (SSSR count). The van der Waals surface area contributed by atoms with E-state index in [1.165, 1.54) is 6.07 Å². The smallest absolute Gasteiger partial charge is 0.303 e. The van der Waals surface area contributed by atoms with E-state index in [1.807, 2.05) is 18.7 Å². The summed E-state index contributed by atoms with van der Waals surface area (Å²) in [4.78, 5) is 31.1. The minimum absolute atomic E-state index is 0.158. The molecule has 6 heteroatoms. The van der Waals surface area contributed by atoms with Crippen molar-refractivity contribution in [3.63, 3.8) is 0 Å². The number of rotatable bonds is 4. The SMILES string of the molecule is CC(C)c1nc(N2CC(CC(=O)O)C2)cc(=O)[nH]1. The third-order valence-electron chi connectivity index (χ3n) is 3.04. The lowest BCUT2D eigenvalue weighted by Crippen LogP contribution is -2.48. The first-order chi connectivity index (χ1) is 8.45. The third-order valence-corrected chi connectivity index (χ3v) is 3.04. The Morgan fingerprint density at radius 3 is 2.83 bits per heavy atom. The number of H-pyrrole nitrogens is 1. The molecular weight excluding hydrogens is 234 g/mol. The molecule has 1 aromatic heterocycles. The van der Waals surface area contributed by atoms with Gasteiger partial charge in [-0.15, -0.1) is 0 Å². The Hall–Kier alpha value is -1.85. The second-order valence-electron chi connectivity index (χ2n) is 5.01. The Morgan fingerprint density at radius 2 is 2.28 bits per heavy atom. The molecule has 0 unspecified atom stereocenters. The summed E-state index contributed by atoms with van der Waals surface area (Å²) in [7, 11) is 0. The molecule has 18 heavy (non-hydrogen) atoms. The largest absolute Gasteiger partial charge is 0.481 e. The first-order valence-electron chi connectivity index (χ1n) is 6.03. The fourth-order valence-corrected chi connectivity index (χ4v) is 2.03. The van der Waals surface area contributed by atoms with E-state index in [9.17, 15) is 9.59 Å². The van der Waals surface area contributed by atoms with Gasteiger partial charge in [0.2, 0.25) is 0 Å². The highest BCUT2D eigenvalue weighted by Crippen LogP contribution is 2.24. The van der Waals surface area contributed by atoms with Crippen LogP contribution in [0.25, 0.3) is 0 Å². The zero-order valence-corrected chi connectivity index (χ0v) is 10.5. The third kappa shape index (κ3) is 2.69. The number of aliphatic carboxylic acids is 1. The van der Waals surface area contributed by atoms with Crippen LogP contribution in [0.3, 0.4) is 0 Å². The van der Waals surface area contributed by atoms with E-state index in [0.717, 1.165) is 0 Å². The molecule has 0 radical (unpaired) electrons. The van der Waals surface area contributed by atoms with Crippen molar-refractivity contribution in [2.75, 3.05) is 18.0 Å². The molecule has 0 aromatic carbocycles. The van der Waals surface area contributed by atoms with Crippen LogP contribution < -0.4 is 10.5 Å². The topological polar surface area (TPSA) is 86.3 Å². The molecule has 0 spiro atoms. The average Bonchev–Trinajstić information content (AvgIpc) is 2.21. The summed E-state index contributed by atoms with van der Waals surface area (Å²) < 4.78 is 0. The Balaban J connectivity index is 2.07. The molecule has 1 saturated heterocycles. The molecule has 6 nitrogen and oxygen atoms in total. The van der Waals surface area contributed by atoms with Crippen molar-refractivity contribution in [2.45, 2.75) is 26.2 Å². The van der Waals surface area contributed by atoms with Gasteiger partial charge in [-0.3, -0.25) is 9.59 Å². The lowest BCUT2D eigenvalue weighted by Gasteiger charge is -2.39. The van der Waals surface area contributed by atoms with Crippen LogP contribution in [0.4, 0.5) is 5.82 Å². The van der Waals surface area contributed by atoms with Crippen LogP contribution in [-0.4, -0.2) is 34.1 Å². The molecule has 2 heterocycles. The van der Waals surface area contributed by atoms with Crippen molar-refractivity contribution in [1.29, 1.82) is 0 Å². The molecule has 0 bridgehead atoms. The molecule has 0 saturated carbocycles. The Kier molecular flexibility index (Phi) is 3.36. The average molecular weight is 251 g/mol. The van der Waals surface area contributed by atoms with Crippen LogP contribution in [0.15, 0.2) is 10.9 Å². The monoisotopic (exact) mass is 251 g/mol. The Labute approximate surface area is 105 Å². The molecular formula is C12H17N3O3. The number of hydrogen-bond donors (Lipinski definition) is 2. The molecule has 1 aromatic rings. The highest BCUT2D eigenvalue weighted by atomic mass is 16.4. The summed E-state index contributed by atoms with van der Waals surface area (Å²) in [6.45, 7) is 5.23. The summed E-state index contributed by atoms with van der Waals surface area (Å²) >= 11 is 0. The van der Waals surface area contributed by atoms with Crippen LogP contribution >= 0.6 is 0 Å². The number of anilines is 1. The number of carboxylic acid groups (broad SMARTS) is 1. The quantitative estimate of drug-likeness (QED) is 0.826. The normalized spacial score (nSPS) is 15.8. The van der Waals surface area contributed by atoms with Crippen LogP contribution in [-0.2, 0) is 4.79 Å². The molecule has 0 aliphatic carbocycles. The van der Waals surface area contributed by atoms with Gasteiger partial charge in [0.05, 0.1) is 6.42 Å². The number of aromatic amines is 1. The lowest BCUT2D eigenvalue weighted by atomic mass is 9.96. The summed E-state index contributed by atoms with van der Waals surface area (Å²) in [6, 6.07) is 1.46. The van der Waals surface area contributed by atoms with E-state index in [1.54, 1.807) is 0 Å². The van der Waals surface area contributed by atoms with Crippen LogP contribution in [0.5, 0.6) is 0 Å². The number of carboxylic acids is 1. The number of carbonyl (C=O) groups is 1. The molecule has 1 aliphatic heterocycles.